The quantitative estimate of drug-likeness (QED) is 0.854. The number of aromatic nitrogens is 4. The number of hydrogen-bond donors (Lipinski definition) is 2. The summed E-state index contributed by atoms with van der Waals surface area (Å²) in [5.74, 6) is 1.31. The summed E-state index contributed by atoms with van der Waals surface area (Å²) in [4.78, 5) is 6.98. The third-order valence-electron chi connectivity index (χ3n) is 3.64. The van der Waals surface area contributed by atoms with E-state index in [0.717, 1.165) is 50.4 Å². The second kappa shape index (κ2) is 6.15. The first kappa shape index (κ1) is 13.3. The molecule has 1 aliphatic heterocycles. The van der Waals surface area contributed by atoms with Gasteiger partial charge in [0, 0.05) is 32.4 Å². The van der Waals surface area contributed by atoms with Crippen molar-refractivity contribution in [3.05, 3.63) is 18.2 Å². The Morgan fingerprint density at radius 3 is 2.95 bits per heavy atom. The van der Waals surface area contributed by atoms with Crippen LogP contribution in [0.25, 0.3) is 11.5 Å². The van der Waals surface area contributed by atoms with Crippen LogP contribution in [-0.2, 0) is 0 Å². The van der Waals surface area contributed by atoms with E-state index in [0.29, 0.717) is 5.89 Å². The van der Waals surface area contributed by atoms with Gasteiger partial charge in [0.25, 0.3) is 5.89 Å². The summed E-state index contributed by atoms with van der Waals surface area (Å²) in [5, 5.41) is 14.2. The summed E-state index contributed by atoms with van der Waals surface area (Å²) in [6.07, 6.45) is 5.60. The van der Waals surface area contributed by atoms with Crippen LogP contribution < -0.4 is 5.32 Å². The van der Waals surface area contributed by atoms with Gasteiger partial charge in [-0.2, -0.15) is 10.1 Å². The van der Waals surface area contributed by atoms with Crippen LogP contribution in [-0.4, -0.2) is 51.4 Å². The maximum absolute atomic E-state index is 5.36. The first-order valence-corrected chi connectivity index (χ1v) is 7.16. The molecular weight excluding hydrogens is 256 g/mol. The normalized spacial score (nSPS) is 18.2. The Bertz CT molecular complexity index is 517. The standard InChI is InChI=1S/C13H20N6O/c1-2-3-11(19-6-4-14-5-7-19)12-17-13(20-18-12)10-8-15-16-9-10/h8-9,11,14H,2-7H2,1H3,(H,15,16). The van der Waals surface area contributed by atoms with Crippen LogP contribution in [0.2, 0.25) is 0 Å². The highest BCUT2D eigenvalue weighted by Crippen LogP contribution is 2.26. The predicted molar refractivity (Wildman–Crippen MR) is 74.0 cm³/mol. The number of hydrogen-bond acceptors (Lipinski definition) is 6. The van der Waals surface area contributed by atoms with Gasteiger partial charge in [-0.05, 0) is 6.42 Å². The van der Waals surface area contributed by atoms with Crippen molar-refractivity contribution in [2.45, 2.75) is 25.8 Å². The molecule has 1 fully saturated rings. The summed E-state index contributed by atoms with van der Waals surface area (Å²) >= 11 is 0. The predicted octanol–water partition coefficient (Wildman–Crippen LogP) is 1.21. The molecule has 2 aromatic heterocycles. The monoisotopic (exact) mass is 276 g/mol. The van der Waals surface area contributed by atoms with E-state index in [-0.39, 0.29) is 6.04 Å². The average molecular weight is 276 g/mol. The molecule has 2 aromatic rings. The van der Waals surface area contributed by atoms with Crippen molar-refractivity contribution in [1.29, 1.82) is 0 Å². The zero-order chi connectivity index (χ0) is 13.8. The van der Waals surface area contributed by atoms with Gasteiger partial charge in [-0.3, -0.25) is 10.00 Å². The van der Waals surface area contributed by atoms with Crippen molar-refractivity contribution < 1.29 is 4.52 Å². The van der Waals surface area contributed by atoms with Gasteiger partial charge in [0.15, 0.2) is 5.82 Å². The van der Waals surface area contributed by atoms with E-state index in [9.17, 15) is 0 Å². The molecule has 0 spiro atoms. The maximum atomic E-state index is 5.36. The molecular formula is C13H20N6O. The molecule has 108 valence electrons. The van der Waals surface area contributed by atoms with E-state index in [1.165, 1.54) is 0 Å². The zero-order valence-electron chi connectivity index (χ0n) is 11.7. The van der Waals surface area contributed by atoms with Gasteiger partial charge in [0.1, 0.15) is 0 Å². The lowest BCUT2D eigenvalue weighted by molar-refractivity contribution is 0.155. The highest BCUT2D eigenvalue weighted by Gasteiger charge is 2.26. The van der Waals surface area contributed by atoms with Gasteiger partial charge in [-0.25, -0.2) is 0 Å². The first-order chi connectivity index (χ1) is 9.88. The van der Waals surface area contributed by atoms with Crippen LogP contribution in [0.15, 0.2) is 16.9 Å². The Balaban J connectivity index is 1.80. The molecule has 0 bridgehead atoms. The summed E-state index contributed by atoms with van der Waals surface area (Å²) < 4.78 is 5.36. The van der Waals surface area contributed by atoms with Crippen molar-refractivity contribution in [2.24, 2.45) is 0 Å². The maximum Gasteiger partial charge on any atom is 0.261 e. The van der Waals surface area contributed by atoms with Crippen molar-refractivity contribution in [2.75, 3.05) is 26.2 Å². The van der Waals surface area contributed by atoms with Crippen LogP contribution in [0.3, 0.4) is 0 Å². The number of aromatic amines is 1. The minimum Gasteiger partial charge on any atom is -0.334 e. The molecule has 1 saturated heterocycles. The topological polar surface area (TPSA) is 82.9 Å². The molecule has 1 aliphatic rings. The fourth-order valence-corrected chi connectivity index (χ4v) is 2.60. The second-order valence-electron chi connectivity index (χ2n) is 5.04. The van der Waals surface area contributed by atoms with Gasteiger partial charge in [0.2, 0.25) is 0 Å². The largest absolute Gasteiger partial charge is 0.334 e. The lowest BCUT2D eigenvalue weighted by Crippen LogP contribution is -2.45. The van der Waals surface area contributed by atoms with Gasteiger partial charge in [-0.15, -0.1) is 0 Å². The van der Waals surface area contributed by atoms with E-state index in [1.54, 1.807) is 12.4 Å². The molecule has 3 rings (SSSR count). The van der Waals surface area contributed by atoms with Gasteiger partial charge >= 0.3 is 0 Å². The fourth-order valence-electron chi connectivity index (χ4n) is 2.60. The van der Waals surface area contributed by atoms with Crippen LogP contribution in [0.5, 0.6) is 0 Å². The first-order valence-electron chi connectivity index (χ1n) is 7.16. The summed E-state index contributed by atoms with van der Waals surface area (Å²) in [6, 6.07) is 0.242. The van der Waals surface area contributed by atoms with Crippen LogP contribution in [0, 0.1) is 0 Å². The van der Waals surface area contributed by atoms with Gasteiger partial charge in [-0.1, -0.05) is 18.5 Å². The van der Waals surface area contributed by atoms with Gasteiger partial charge in [0.05, 0.1) is 17.8 Å². The molecule has 3 heterocycles. The molecule has 1 unspecified atom stereocenters. The van der Waals surface area contributed by atoms with E-state index in [4.69, 9.17) is 4.52 Å². The molecule has 7 nitrogen and oxygen atoms in total. The SMILES string of the molecule is CCCC(c1noc(-c2cn[nH]c2)n1)N1CCNCC1. The third kappa shape index (κ3) is 2.73. The minimum absolute atomic E-state index is 0.242. The average Bonchev–Trinajstić information content (AvgIpc) is 3.16. The molecule has 7 heteroatoms. The summed E-state index contributed by atoms with van der Waals surface area (Å²) in [5.41, 5.74) is 0.833. The van der Waals surface area contributed by atoms with E-state index in [1.807, 2.05) is 0 Å². The lowest BCUT2D eigenvalue weighted by Gasteiger charge is -2.33. The number of rotatable bonds is 5. The lowest BCUT2D eigenvalue weighted by atomic mass is 10.1. The van der Waals surface area contributed by atoms with Gasteiger partial charge < -0.3 is 9.84 Å². The second-order valence-corrected chi connectivity index (χ2v) is 5.04. The highest BCUT2D eigenvalue weighted by atomic mass is 16.5. The Morgan fingerprint density at radius 1 is 1.40 bits per heavy atom. The minimum atomic E-state index is 0.242. The molecule has 0 aromatic carbocycles. The Hall–Kier alpha value is -1.73. The Morgan fingerprint density at radius 2 is 2.25 bits per heavy atom. The molecule has 0 saturated carbocycles. The molecule has 1 atom stereocenters. The Labute approximate surface area is 117 Å². The molecule has 0 radical (unpaired) electrons. The number of piperazine rings is 1. The molecule has 0 amide bonds. The number of nitrogens with zero attached hydrogens (tertiary/aromatic N) is 4. The zero-order valence-corrected chi connectivity index (χ0v) is 11.7. The van der Waals surface area contributed by atoms with Crippen LogP contribution in [0.1, 0.15) is 31.6 Å². The number of nitrogens with one attached hydrogen (secondary N) is 2. The van der Waals surface area contributed by atoms with Crippen LogP contribution in [0.4, 0.5) is 0 Å². The van der Waals surface area contributed by atoms with Crippen molar-refractivity contribution in [3.8, 4) is 11.5 Å². The van der Waals surface area contributed by atoms with E-state index in [2.05, 4.69) is 37.5 Å². The molecule has 20 heavy (non-hydrogen) atoms. The highest BCUT2D eigenvalue weighted by molar-refractivity contribution is 5.49. The Kier molecular flexibility index (Phi) is 4.08. The van der Waals surface area contributed by atoms with Crippen LogP contribution >= 0.6 is 0 Å². The van der Waals surface area contributed by atoms with Crippen molar-refractivity contribution in [1.82, 2.24) is 30.6 Å². The smallest absolute Gasteiger partial charge is 0.261 e. The third-order valence-corrected chi connectivity index (χ3v) is 3.64. The number of H-pyrrole nitrogens is 1. The fraction of sp³-hybridized carbons (Fsp3) is 0.615. The van der Waals surface area contributed by atoms with E-state index < -0.39 is 0 Å². The molecule has 2 N–H and O–H groups in total. The van der Waals surface area contributed by atoms with E-state index >= 15 is 0 Å². The summed E-state index contributed by atoms with van der Waals surface area (Å²) in [6.45, 7) is 6.28. The molecule has 0 aliphatic carbocycles. The van der Waals surface area contributed by atoms with Crippen molar-refractivity contribution >= 4 is 0 Å². The van der Waals surface area contributed by atoms with Crippen molar-refractivity contribution in [3.63, 3.8) is 0 Å². The summed E-state index contributed by atoms with van der Waals surface area (Å²) in [7, 11) is 0.